The Morgan fingerprint density at radius 1 is 0.791 bits per heavy atom. The Bertz CT molecular complexity index is 1090. The summed E-state index contributed by atoms with van der Waals surface area (Å²) in [6, 6.07) is 9.76. The number of allylic oxidation sites excluding steroid dienone is 2. The van der Waals surface area contributed by atoms with E-state index in [4.69, 9.17) is 9.47 Å². The van der Waals surface area contributed by atoms with Crippen molar-refractivity contribution in [3.8, 4) is 11.5 Å². The second-order valence-electron chi connectivity index (χ2n) is 12.3. The highest BCUT2D eigenvalue weighted by molar-refractivity contribution is 5.91. The van der Waals surface area contributed by atoms with E-state index < -0.39 is 23.2 Å². The highest BCUT2D eigenvalue weighted by atomic mass is 19.2. The van der Waals surface area contributed by atoms with Gasteiger partial charge in [-0.2, -0.15) is 4.39 Å². The number of carbonyl (C=O) groups is 1. The molecule has 0 unspecified atom stereocenters. The Labute approximate surface area is 259 Å². The number of benzene rings is 2. The van der Waals surface area contributed by atoms with Crippen molar-refractivity contribution in [1.82, 2.24) is 0 Å². The fraction of sp³-hybridized carbons (Fsp3) is 0.605. The molecule has 0 N–H and O–H groups in total. The molecule has 1 aliphatic carbocycles. The number of aryl methyl sites for hydroxylation is 1. The van der Waals surface area contributed by atoms with Crippen LogP contribution in [-0.4, -0.2) is 12.6 Å². The SMILES string of the molecule is CCCCCCCCCCOc1ccc(C(=O)Oc2ccc(CC/C=C/C3CCC(CCCCC)CC3)cc2)c(F)c1F. The van der Waals surface area contributed by atoms with E-state index in [1.165, 1.54) is 95.6 Å². The second-order valence-corrected chi connectivity index (χ2v) is 12.3. The first-order valence-electron chi connectivity index (χ1n) is 17.1. The van der Waals surface area contributed by atoms with Crippen LogP contribution < -0.4 is 9.47 Å². The molecule has 1 aliphatic rings. The van der Waals surface area contributed by atoms with Gasteiger partial charge in [-0.25, -0.2) is 9.18 Å². The van der Waals surface area contributed by atoms with Crippen LogP contribution in [0.5, 0.6) is 11.5 Å². The standard InChI is InChI=1S/C38H54F2O3/c1-3-5-7-8-9-10-11-15-29-42-35-28-27-34(36(39)37(35)40)38(41)43-33-25-23-32(24-26-33)18-14-13-17-31-21-19-30(20-22-31)16-12-6-4-2/h13,17,23-28,30-31H,3-12,14-16,18-22,29H2,1-2H3/b17-13+. The van der Waals surface area contributed by atoms with E-state index >= 15 is 0 Å². The first-order valence-corrected chi connectivity index (χ1v) is 17.1. The molecule has 0 aliphatic heterocycles. The smallest absolute Gasteiger partial charge is 0.346 e. The van der Waals surface area contributed by atoms with Gasteiger partial charge in [0.25, 0.3) is 0 Å². The lowest BCUT2D eigenvalue weighted by Crippen LogP contribution is -2.13. The molecule has 0 aromatic heterocycles. The highest BCUT2D eigenvalue weighted by Gasteiger charge is 2.21. The van der Waals surface area contributed by atoms with Gasteiger partial charge in [0.2, 0.25) is 5.82 Å². The van der Waals surface area contributed by atoms with E-state index in [1.807, 2.05) is 12.1 Å². The minimum absolute atomic E-state index is 0.175. The zero-order valence-electron chi connectivity index (χ0n) is 26.7. The molecule has 43 heavy (non-hydrogen) atoms. The van der Waals surface area contributed by atoms with Gasteiger partial charge in [-0.3, -0.25) is 0 Å². The molecule has 1 fully saturated rings. The third kappa shape index (κ3) is 12.8. The summed E-state index contributed by atoms with van der Waals surface area (Å²) in [4.78, 5) is 12.6. The maximum Gasteiger partial charge on any atom is 0.346 e. The summed E-state index contributed by atoms with van der Waals surface area (Å²) in [5.41, 5.74) is 0.695. The van der Waals surface area contributed by atoms with Gasteiger partial charge in [0.1, 0.15) is 5.75 Å². The predicted molar refractivity (Wildman–Crippen MR) is 173 cm³/mol. The lowest BCUT2D eigenvalue weighted by atomic mass is 9.79. The van der Waals surface area contributed by atoms with E-state index in [0.717, 1.165) is 43.6 Å². The Kier molecular flexibility index (Phi) is 16.4. The minimum Gasteiger partial charge on any atom is -0.490 e. The van der Waals surface area contributed by atoms with Crippen molar-refractivity contribution in [2.24, 2.45) is 11.8 Å². The van der Waals surface area contributed by atoms with Crippen molar-refractivity contribution >= 4 is 5.97 Å². The zero-order chi connectivity index (χ0) is 30.7. The molecular weight excluding hydrogens is 542 g/mol. The fourth-order valence-electron chi connectivity index (χ4n) is 6.00. The van der Waals surface area contributed by atoms with Crippen molar-refractivity contribution in [1.29, 1.82) is 0 Å². The molecule has 0 saturated heterocycles. The van der Waals surface area contributed by atoms with E-state index in [2.05, 4.69) is 26.0 Å². The molecule has 2 aromatic carbocycles. The number of rotatable bonds is 20. The van der Waals surface area contributed by atoms with Gasteiger partial charge in [0.05, 0.1) is 12.2 Å². The molecule has 5 heteroatoms. The van der Waals surface area contributed by atoms with Gasteiger partial charge in [0.15, 0.2) is 11.6 Å². The summed E-state index contributed by atoms with van der Waals surface area (Å²) >= 11 is 0. The molecule has 0 radical (unpaired) electrons. The lowest BCUT2D eigenvalue weighted by Gasteiger charge is -2.26. The normalized spacial score (nSPS) is 16.9. The minimum atomic E-state index is -1.24. The summed E-state index contributed by atoms with van der Waals surface area (Å²) in [7, 11) is 0. The summed E-state index contributed by atoms with van der Waals surface area (Å²) in [5.74, 6) is -1.56. The van der Waals surface area contributed by atoms with Gasteiger partial charge in [-0.1, -0.05) is 109 Å². The van der Waals surface area contributed by atoms with Crippen molar-refractivity contribution in [2.75, 3.05) is 6.61 Å². The number of esters is 1. The molecule has 0 heterocycles. The van der Waals surface area contributed by atoms with Gasteiger partial charge in [-0.15, -0.1) is 0 Å². The highest BCUT2D eigenvalue weighted by Crippen LogP contribution is 2.33. The summed E-state index contributed by atoms with van der Waals surface area (Å²) in [5, 5.41) is 0. The molecule has 0 atom stereocenters. The Morgan fingerprint density at radius 2 is 1.44 bits per heavy atom. The average Bonchev–Trinajstić information content (AvgIpc) is 3.02. The van der Waals surface area contributed by atoms with E-state index in [9.17, 15) is 13.6 Å². The van der Waals surface area contributed by atoms with Crippen molar-refractivity contribution in [3.63, 3.8) is 0 Å². The van der Waals surface area contributed by atoms with E-state index in [-0.39, 0.29) is 5.75 Å². The Hall–Kier alpha value is -2.69. The largest absolute Gasteiger partial charge is 0.490 e. The van der Waals surface area contributed by atoms with Crippen LogP contribution in [0.15, 0.2) is 48.6 Å². The van der Waals surface area contributed by atoms with Gasteiger partial charge >= 0.3 is 5.97 Å². The zero-order valence-corrected chi connectivity index (χ0v) is 26.7. The van der Waals surface area contributed by atoms with Crippen molar-refractivity contribution in [3.05, 3.63) is 71.3 Å². The van der Waals surface area contributed by atoms with Crippen molar-refractivity contribution < 1.29 is 23.0 Å². The number of carbonyl (C=O) groups excluding carboxylic acids is 1. The topological polar surface area (TPSA) is 35.5 Å². The molecule has 3 rings (SSSR count). The fourth-order valence-corrected chi connectivity index (χ4v) is 6.00. The maximum atomic E-state index is 14.7. The van der Waals surface area contributed by atoms with Crippen LogP contribution in [0.25, 0.3) is 0 Å². The number of unbranched alkanes of at least 4 members (excludes halogenated alkanes) is 9. The molecule has 238 valence electrons. The van der Waals surface area contributed by atoms with Crippen LogP contribution in [-0.2, 0) is 6.42 Å². The molecular formula is C38H54F2O3. The summed E-state index contributed by atoms with van der Waals surface area (Å²) in [6.45, 7) is 4.79. The van der Waals surface area contributed by atoms with Gasteiger partial charge in [-0.05, 0) is 86.6 Å². The molecule has 1 saturated carbocycles. The monoisotopic (exact) mass is 596 g/mol. The van der Waals surface area contributed by atoms with Crippen molar-refractivity contribution in [2.45, 2.75) is 129 Å². The molecule has 0 amide bonds. The van der Waals surface area contributed by atoms with Crippen LogP contribution in [0, 0.1) is 23.5 Å². The van der Waals surface area contributed by atoms with E-state index in [0.29, 0.717) is 18.3 Å². The Balaban J connectivity index is 1.36. The van der Waals surface area contributed by atoms with Gasteiger partial charge in [0, 0.05) is 0 Å². The third-order valence-electron chi connectivity index (χ3n) is 8.77. The van der Waals surface area contributed by atoms with Crippen LogP contribution in [0.2, 0.25) is 0 Å². The van der Waals surface area contributed by atoms with Crippen LogP contribution in [0.4, 0.5) is 8.78 Å². The summed E-state index contributed by atoms with van der Waals surface area (Å²) in [6.07, 6.45) is 26.5. The summed E-state index contributed by atoms with van der Waals surface area (Å²) < 4.78 is 40.1. The van der Waals surface area contributed by atoms with Crippen LogP contribution in [0.1, 0.15) is 139 Å². The second kappa shape index (κ2) is 20.3. The molecule has 3 nitrogen and oxygen atoms in total. The average molecular weight is 597 g/mol. The maximum absolute atomic E-state index is 14.7. The van der Waals surface area contributed by atoms with Crippen LogP contribution in [0.3, 0.4) is 0 Å². The van der Waals surface area contributed by atoms with Crippen LogP contribution >= 0.6 is 0 Å². The molecule has 0 spiro atoms. The molecule has 0 bridgehead atoms. The lowest BCUT2D eigenvalue weighted by molar-refractivity contribution is 0.0728. The van der Waals surface area contributed by atoms with Gasteiger partial charge < -0.3 is 9.47 Å². The number of hydrogen-bond donors (Lipinski definition) is 0. The third-order valence-corrected chi connectivity index (χ3v) is 8.77. The molecule has 2 aromatic rings. The number of halogens is 2. The first kappa shape index (κ1) is 34.8. The first-order chi connectivity index (χ1) is 21.0. The number of hydrogen-bond acceptors (Lipinski definition) is 3. The predicted octanol–water partition coefficient (Wildman–Crippen LogP) is 11.6. The number of ether oxygens (including phenoxy) is 2. The quantitative estimate of drug-likeness (QED) is 0.0660. The Morgan fingerprint density at radius 3 is 2.14 bits per heavy atom. The van der Waals surface area contributed by atoms with E-state index in [1.54, 1.807) is 12.1 Å².